The molecule has 6 rings (SSSR count). The maximum atomic E-state index is 14.3. The average Bonchev–Trinajstić information content (AvgIpc) is 3.48. The van der Waals surface area contributed by atoms with Gasteiger partial charge in [0.1, 0.15) is 0 Å². The number of hydrogen-bond acceptors (Lipinski definition) is 4. The lowest BCUT2D eigenvalue weighted by Crippen LogP contribution is -2.68. The van der Waals surface area contributed by atoms with Crippen molar-refractivity contribution in [3.05, 3.63) is 145 Å². The molecule has 0 spiro atoms. The third-order valence-electron chi connectivity index (χ3n) is 11.0. The highest BCUT2D eigenvalue weighted by molar-refractivity contribution is 6.99. The van der Waals surface area contributed by atoms with Crippen molar-refractivity contribution < 1.29 is 18.8 Å². The molecule has 51 heavy (non-hydrogen) atoms. The molecule has 2 fully saturated rings. The van der Waals surface area contributed by atoms with Gasteiger partial charge >= 0.3 is 6.09 Å². The summed E-state index contributed by atoms with van der Waals surface area (Å²) in [6, 6.07) is 40.6. The van der Waals surface area contributed by atoms with Crippen molar-refractivity contribution in [3.63, 3.8) is 0 Å². The first-order valence-electron chi connectivity index (χ1n) is 18.7. The molecule has 1 unspecified atom stereocenters. The van der Waals surface area contributed by atoms with Gasteiger partial charge in [-0.05, 0) is 52.6 Å². The minimum Gasteiger partial charge on any atom is -0.430 e. The summed E-state index contributed by atoms with van der Waals surface area (Å²) in [4.78, 5) is 29.5. The van der Waals surface area contributed by atoms with E-state index in [4.69, 9.17) is 9.16 Å². The van der Waals surface area contributed by atoms with Crippen LogP contribution >= 0.6 is 0 Å². The Morgan fingerprint density at radius 3 is 1.73 bits per heavy atom. The van der Waals surface area contributed by atoms with Crippen LogP contribution in [0.1, 0.15) is 84.3 Å². The van der Waals surface area contributed by atoms with E-state index in [1.165, 1.54) is 34.5 Å². The summed E-state index contributed by atoms with van der Waals surface area (Å²) in [5, 5.41) is 2.34. The Hall–Kier alpha value is -4.26. The van der Waals surface area contributed by atoms with E-state index in [-0.39, 0.29) is 23.0 Å². The molecule has 2 amide bonds. The lowest BCUT2D eigenvalue weighted by molar-refractivity contribution is -0.125. The molecule has 1 heterocycles. The Morgan fingerprint density at radius 2 is 1.27 bits per heavy atom. The molecule has 4 aromatic carbocycles. The summed E-state index contributed by atoms with van der Waals surface area (Å²) in [6.07, 6.45) is 9.25. The van der Waals surface area contributed by atoms with E-state index in [9.17, 15) is 9.59 Å². The Kier molecular flexibility index (Phi) is 11.1. The van der Waals surface area contributed by atoms with E-state index in [2.05, 4.69) is 81.4 Å². The monoisotopic (exact) mass is 699 g/mol. The molecule has 1 aliphatic heterocycles. The van der Waals surface area contributed by atoms with Crippen molar-refractivity contribution in [2.45, 2.75) is 95.9 Å². The largest absolute Gasteiger partial charge is 0.430 e. The maximum Gasteiger partial charge on any atom is 0.418 e. The lowest BCUT2D eigenvalue weighted by atomic mass is 9.75. The normalized spacial score (nSPS) is 19.0. The first-order valence-corrected chi connectivity index (χ1v) is 20.6. The highest BCUT2D eigenvalue weighted by atomic mass is 28.4. The van der Waals surface area contributed by atoms with Crippen molar-refractivity contribution >= 4 is 30.7 Å². The van der Waals surface area contributed by atoms with Gasteiger partial charge in [0, 0.05) is 11.1 Å². The molecular formula is C45H53NO4Si. The van der Waals surface area contributed by atoms with Gasteiger partial charge in [-0.15, -0.1) is 0 Å². The Balaban J connectivity index is 1.35. The summed E-state index contributed by atoms with van der Waals surface area (Å²) in [5.41, 5.74) is 0.561. The number of benzene rings is 4. The smallest absolute Gasteiger partial charge is 0.418 e. The van der Waals surface area contributed by atoms with E-state index in [1.54, 1.807) is 6.08 Å². The standard InChI is InChI=1S/C45H53NO4Si/c1-34(2)42-45(36-24-13-7-14-25-36,37-26-15-8-16-27-37)49-43(48)46(42)41(47)33-21-32-40(35-22-11-6-12-23-35)50-51(44(3,4)5,38-28-17-9-18-29-38)39-30-19-10-20-31-39/h7-10,13-21,24-31,33-35,40,42H,6,11-12,22-23,32H2,1-5H3/b33-21+/t40-,42?/m1/s1. The summed E-state index contributed by atoms with van der Waals surface area (Å²) >= 11 is 0. The Bertz CT molecular complexity index is 1680. The average molecular weight is 700 g/mol. The van der Waals surface area contributed by atoms with E-state index in [0.29, 0.717) is 12.3 Å². The highest BCUT2D eigenvalue weighted by Gasteiger charge is 2.59. The molecule has 0 bridgehead atoms. The van der Waals surface area contributed by atoms with Crippen molar-refractivity contribution in [3.8, 4) is 0 Å². The van der Waals surface area contributed by atoms with Crippen LogP contribution in [0.5, 0.6) is 0 Å². The van der Waals surface area contributed by atoms with Crippen LogP contribution in [0, 0.1) is 11.8 Å². The van der Waals surface area contributed by atoms with Gasteiger partial charge in [-0.1, -0.05) is 181 Å². The number of ether oxygens (including phenoxy) is 1. The summed E-state index contributed by atoms with van der Waals surface area (Å²) in [5.74, 6) is -0.0629. The Morgan fingerprint density at radius 1 is 0.804 bits per heavy atom. The topological polar surface area (TPSA) is 55.8 Å². The predicted molar refractivity (Wildman–Crippen MR) is 208 cm³/mol. The molecule has 0 aromatic heterocycles. The van der Waals surface area contributed by atoms with Gasteiger partial charge < -0.3 is 9.16 Å². The zero-order valence-corrected chi connectivity index (χ0v) is 31.8. The zero-order chi connectivity index (χ0) is 36.1. The predicted octanol–water partition coefficient (Wildman–Crippen LogP) is 9.41. The minimum absolute atomic E-state index is 0.0809. The summed E-state index contributed by atoms with van der Waals surface area (Å²) in [7, 11) is -2.83. The molecule has 266 valence electrons. The molecule has 5 nitrogen and oxygen atoms in total. The number of rotatable bonds is 11. The first-order chi connectivity index (χ1) is 24.6. The van der Waals surface area contributed by atoms with E-state index in [0.717, 1.165) is 24.0 Å². The van der Waals surface area contributed by atoms with Crippen LogP contribution in [0.25, 0.3) is 0 Å². The maximum absolute atomic E-state index is 14.3. The van der Waals surface area contributed by atoms with Crippen molar-refractivity contribution in [2.24, 2.45) is 11.8 Å². The molecule has 4 aromatic rings. The molecule has 1 saturated heterocycles. The number of hydrogen-bond donors (Lipinski definition) is 0. The van der Waals surface area contributed by atoms with Crippen molar-refractivity contribution in [1.82, 2.24) is 4.90 Å². The number of nitrogens with zero attached hydrogens (tertiary/aromatic N) is 1. The van der Waals surface area contributed by atoms with Gasteiger partial charge in [-0.25, -0.2) is 9.69 Å². The number of carbonyl (C=O) groups excluding carboxylic acids is 2. The fraction of sp³-hybridized carbons (Fsp3) is 0.378. The summed E-state index contributed by atoms with van der Waals surface area (Å²) < 4.78 is 14.1. The molecular weight excluding hydrogens is 647 g/mol. The van der Waals surface area contributed by atoms with E-state index >= 15 is 0 Å². The van der Waals surface area contributed by atoms with Crippen molar-refractivity contribution in [1.29, 1.82) is 0 Å². The molecule has 1 aliphatic carbocycles. The zero-order valence-electron chi connectivity index (χ0n) is 30.8. The SMILES string of the molecule is CC(C)C1N(C(=O)/C=C/C[C@@H](O[Si](c2ccccc2)(c2ccccc2)C(C)(C)C)C2CCCCC2)C(=O)OC1(c1ccccc1)c1ccccc1. The fourth-order valence-electron chi connectivity index (χ4n) is 8.68. The second-order valence-electron chi connectivity index (χ2n) is 15.6. The van der Waals surface area contributed by atoms with Crippen LogP contribution in [-0.2, 0) is 19.6 Å². The van der Waals surface area contributed by atoms with Crippen molar-refractivity contribution in [2.75, 3.05) is 0 Å². The molecule has 1 saturated carbocycles. The van der Waals surface area contributed by atoms with Gasteiger partial charge in [0.25, 0.3) is 14.2 Å². The lowest BCUT2D eigenvalue weighted by Gasteiger charge is -2.47. The summed E-state index contributed by atoms with van der Waals surface area (Å²) in [6.45, 7) is 11.0. The van der Waals surface area contributed by atoms with E-state index < -0.39 is 26.1 Å². The molecule has 2 atom stereocenters. The van der Waals surface area contributed by atoms with Crippen LogP contribution in [0.2, 0.25) is 5.04 Å². The second kappa shape index (κ2) is 15.5. The van der Waals surface area contributed by atoms with Gasteiger partial charge in [-0.2, -0.15) is 0 Å². The molecule has 6 heteroatoms. The first kappa shape index (κ1) is 36.5. The number of amides is 2. The second-order valence-corrected chi connectivity index (χ2v) is 19.8. The van der Waals surface area contributed by atoms with E-state index in [1.807, 2.05) is 80.6 Å². The van der Waals surface area contributed by atoms with Gasteiger partial charge in [-0.3, -0.25) is 4.79 Å². The third-order valence-corrected chi connectivity index (χ3v) is 16.0. The Labute approximate surface area is 305 Å². The van der Waals surface area contributed by atoms with Gasteiger partial charge in [0.2, 0.25) is 0 Å². The number of imide groups is 1. The third kappa shape index (κ3) is 7.13. The molecule has 0 N–H and O–H groups in total. The number of cyclic esters (lactones) is 1. The van der Waals surface area contributed by atoms with Gasteiger partial charge in [0.05, 0.1) is 12.1 Å². The van der Waals surface area contributed by atoms with Crippen LogP contribution < -0.4 is 10.4 Å². The van der Waals surface area contributed by atoms with Crippen LogP contribution in [-0.4, -0.2) is 37.4 Å². The number of carbonyl (C=O) groups is 2. The van der Waals surface area contributed by atoms with Crippen LogP contribution in [0.15, 0.2) is 133 Å². The van der Waals surface area contributed by atoms with Gasteiger partial charge in [0.15, 0.2) is 5.60 Å². The minimum atomic E-state index is -2.83. The molecule has 2 aliphatic rings. The quantitative estimate of drug-likeness (QED) is 0.116. The van der Waals surface area contributed by atoms with Crippen LogP contribution in [0.4, 0.5) is 4.79 Å². The fourth-order valence-corrected chi connectivity index (χ4v) is 13.4. The van der Waals surface area contributed by atoms with Crippen LogP contribution in [0.3, 0.4) is 0 Å². The molecule has 0 radical (unpaired) electrons. The highest BCUT2D eigenvalue weighted by Crippen LogP contribution is 2.47.